The van der Waals surface area contributed by atoms with Crippen LogP contribution in [0.15, 0.2) is 6.07 Å². The van der Waals surface area contributed by atoms with E-state index in [0.717, 1.165) is 30.2 Å². The summed E-state index contributed by atoms with van der Waals surface area (Å²) < 4.78 is 0. The zero-order valence-electron chi connectivity index (χ0n) is 12.9. The highest BCUT2D eigenvalue weighted by Crippen LogP contribution is 2.24. The van der Waals surface area contributed by atoms with Crippen molar-refractivity contribution in [3.05, 3.63) is 22.9 Å². The van der Waals surface area contributed by atoms with Crippen LogP contribution in [0, 0.1) is 25.2 Å². The molecule has 2 rings (SSSR count). The van der Waals surface area contributed by atoms with Crippen molar-refractivity contribution in [3.8, 4) is 6.07 Å². The van der Waals surface area contributed by atoms with Crippen molar-refractivity contribution in [2.45, 2.75) is 52.6 Å². The SMILES string of the molecule is Cc1cc(C)c(C#N)c(N(CC2CCCN2)C(C)C)n1. The lowest BCUT2D eigenvalue weighted by molar-refractivity contribution is 0.548. The fourth-order valence-corrected chi connectivity index (χ4v) is 2.85. The summed E-state index contributed by atoms with van der Waals surface area (Å²) in [6.07, 6.45) is 2.44. The molecule has 20 heavy (non-hydrogen) atoms. The first-order valence-electron chi connectivity index (χ1n) is 7.41. The molecule has 0 spiro atoms. The maximum absolute atomic E-state index is 9.45. The largest absolute Gasteiger partial charge is 0.352 e. The average Bonchev–Trinajstić information content (AvgIpc) is 2.87. The molecule has 1 aromatic heterocycles. The van der Waals surface area contributed by atoms with Gasteiger partial charge in [0, 0.05) is 24.3 Å². The first kappa shape index (κ1) is 14.8. The van der Waals surface area contributed by atoms with E-state index in [1.807, 2.05) is 19.9 Å². The Kier molecular flexibility index (Phi) is 4.61. The molecule has 0 aromatic carbocycles. The average molecular weight is 272 g/mol. The number of aryl methyl sites for hydroxylation is 2. The van der Waals surface area contributed by atoms with Crippen LogP contribution in [0.4, 0.5) is 5.82 Å². The van der Waals surface area contributed by atoms with E-state index in [1.54, 1.807) is 0 Å². The minimum Gasteiger partial charge on any atom is -0.352 e. The number of nitrogens with one attached hydrogen (secondary N) is 1. The van der Waals surface area contributed by atoms with Gasteiger partial charge in [-0.3, -0.25) is 0 Å². The Balaban J connectivity index is 2.35. The molecule has 0 amide bonds. The summed E-state index contributed by atoms with van der Waals surface area (Å²) in [5.74, 6) is 0.841. The minimum absolute atomic E-state index is 0.332. The third-order valence-corrected chi connectivity index (χ3v) is 3.91. The van der Waals surface area contributed by atoms with Gasteiger partial charge in [-0.2, -0.15) is 5.26 Å². The quantitative estimate of drug-likeness (QED) is 0.915. The van der Waals surface area contributed by atoms with Gasteiger partial charge in [-0.15, -0.1) is 0 Å². The normalized spacial score (nSPS) is 18.3. The number of aromatic nitrogens is 1. The van der Waals surface area contributed by atoms with E-state index in [1.165, 1.54) is 12.8 Å². The van der Waals surface area contributed by atoms with Gasteiger partial charge in [0.1, 0.15) is 11.9 Å². The lowest BCUT2D eigenvalue weighted by atomic mass is 10.1. The predicted octanol–water partition coefficient (Wildman–Crippen LogP) is 2.54. The monoisotopic (exact) mass is 272 g/mol. The molecule has 0 bridgehead atoms. The number of hydrogen-bond acceptors (Lipinski definition) is 4. The van der Waals surface area contributed by atoms with Crippen LogP contribution in [-0.2, 0) is 0 Å². The maximum Gasteiger partial charge on any atom is 0.147 e. The lowest BCUT2D eigenvalue weighted by Gasteiger charge is -2.31. The molecule has 1 fully saturated rings. The molecule has 2 heterocycles. The first-order chi connectivity index (χ1) is 9.52. The summed E-state index contributed by atoms with van der Waals surface area (Å²) in [4.78, 5) is 6.91. The zero-order chi connectivity index (χ0) is 14.7. The number of hydrogen-bond donors (Lipinski definition) is 1. The summed E-state index contributed by atoms with van der Waals surface area (Å²) in [6, 6.07) is 5.15. The van der Waals surface area contributed by atoms with E-state index in [4.69, 9.17) is 0 Å². The van der Waals surface area contributed by atoms with Crippen LogP contribution < -0.4 is 10.2 Å². The van der Waals surface area contributed by atoms with Crippen molar-refractivity contribution in [2.75, 3.05) is 18.0 Å². The molecule has 0 saturated carbocycles. The van der Waals surface area contributed by atoms with Crippen LogP contribution in [0.1, 0.15) is 43.5 Å². The predicted molar refractivity (Wildman–Crippen MR) is 81.9 cm³/mol. The highest BCUT2D eigenvalue weighted by molar-refractivity contribution is 5.58. The standard InChI is InChI=1S/C16H24N4/c1-11(2)20(10-14-6-5-7-18-14)16-15(9-17)12(3)8-13(4)19-16/h8,11,14,18H,5-7,10H2,1-4H3. The fourth-order valence-electron chi connectivity index (χ4n) is 2.85. The van der Waals surface area contributed by atoms with E-state index in [0.29, 0.717) is 17.6 Å². The number of nitriles is 1. The second-order valence-electron chi connectivity index (χ2n) is 5.93. The van der Waals surface area contributed by atoms with Gasteiger partial charge >= 0.3 is 0 Å². The van der Waals surface area contributed by atoms with Crippen molar-refractivity contribution in [3.63, 3.8) is 0 Å². The molecule has 1 aliphatic heterocycles. The highest BCUT2D eigenvalue weighted by Gasteiger charge is 2.23. The molecule has 1 aliphatic rings. The van der Waals surface area contributed by atoms with Crippen LogP contribution in [0.2, 0.25) is 0 Å². The summed E-state index contributed by atoms with van der Waals surface area (Å²) >= 11 is 0. The van der Waals surface area contributed by atoms with E-state index in [-0.39, 0.29) is 0 Å². The van der Waals surface area contributed by atoms with Crippen LogP contribution >= 0.6 is 0 Å². The van der Waals surface area contributed by atoms with Gasteiger partial charge in [-0.05, 0) is 58.7 Å². The second kappa shape index (κ2) is 6.23. The fraction of sp³-hybridized carbons (Fsp3) is 0.625. The van der Waals surface area contributed by atoms with Crippen molar-refractivity contribution in [1.29, 1.82) is 5.26 Å². The zero-order valence-corrected chi connectivity index (χ0v) is 12.9. The van der Waals surface area contributed by atoms with Gasteiger partial charge in [-0.25, -0.2) is 4.98 Å². The van der Waals surface area contributed by atoms with Gasteiger partial charge in [0.2, 0.25) is 0 Å². The van der Waals surface area contributed by atoms with Gasteiger partial charge in [0.15, 0.2) is 0 Å². The second-order valence-corrected chi connectivity index (χ2v) is 5.93. The third kappa shape index (κ3) is 3.10. The van der Waals surface area contributed by atoms with Crippen molar-refractivity contribution >= 4 is 5.82 Å². The molecule has 1 unspecified atom stereocenters. The molecule has 1 saturated heterocycles. The molecule has 1 atom stereocenters. The lowest BCUT2D eigenvalue weighted by Crippen LogP contribution is -2.42. The van der Waals surface area contributed by atoms with E-state index in [9.17, 15) is 5.26 Å². The van der Waals surface area contributed by atoms with Crippen molar-refractivity contribution < 1.29 is 0 Å². The Hall–Kier alpha value is -1.60. The van der Waals surface area contributed by atoms with E-state index < -0.39 is 0 Å². The van der Waals surface area contributed by atoms with Crippen LogP contribution in [0.3, 0.4) is 0 Å². The maximum atomic E-state index is 9.45. The van der Waals surface area contributed by atoms with Gasteiger partial charge in [-0.1, -0.05) is 0 Å². The molecular formula is C16H24N4. The molecule has 108 valence electrons. The van der Waals surface area contributed by atoms with Crippen molar-refractivity contribution in [1.82, 2.24) is 10.3 Å². The topological polar surface area (TPSA) is 52.0 Å². The Morgan fingerprint density at radius 2 is 2.25 bits per heavy atom. The molecule has 1 aromatic rings. The molecule has 0 radical (unpaired) electrons. The number of pyridine rings is 1. The Morgan fingerprint density at radius 1 is 1.50 bits per heavy atom. The molecule has 4 nitrogen and oxygen atoms in total. The summed E-state index contributed by atoms with van der Waals surface area (Å²) in [6.45, 7) is 10.3. The number of rotatable bonds is 4. The number of nitrogens with zero attached hydrogens (tertiary/aromatic N) is 3. The molecule has 0 aliphatic carbocycles. The molecular weight excluding hydrogens is 248 g/mol. The van der Waals surface area contributed by atoms with Crippen LogP contribution in [0.25, 0.3) is 0 Å². The summed E-state index contributed by atoms with van der Waals surface area (Å²) in [7, 11) is 0. The van der Waals surface area contributed by atoms with E-state index >= 15 is 0 Å². The Labute approximate surface area is 121 Å². The Morgan fingerprint density at radius 3 is 2.80 bits per heavy atom. The summed E-state index contributed by atoms with van der Waals surface area (Å²) in [5.41, 5.74) is 2.70. The molecule has 4 heteroatoms. The number of anilines is 1. The van der Waals surface area contributed by atoms with E-state index in [2.05, 4.69) is 35.1 Å². The molecule has 1 N–H and O–H groups in total. The van der Waals surface area contributed by atoms with Gasteiger partial charge in [0.05, 0.1) is 5.56 Å². The Bertz CT molecular complexity index is 510. The minimum atomic E-state index is 0.332. The van der Waals surface area contributed by atoms with Crippen LogP contribution in [0.5, 0.6) is 0 Å². The summed E-state index contributed by atoms with van der Waals surface area (Å²) in [5, 5.41) is 13.0. The first-order valence-corrected chi connectivity index (χ1v) is 7.41. The van der Waals surface area contributed by atoms with Gasteiger partial charge < -0.3 is 10.2 Å². The highest BCUT2D eigenvalue weighted by atomic mass is 15.2. The van der Waals surface area contributed by atoms with Crippen molar-refractivity contribution in [2.24, 2.45) is 0 Å². The van der Waals surface area contributed by atoms with Crippen LogP contribution in [-0.4, -0.2) is 30.2 Å². The smallest absolute Gasteiger partial charge is 0.147 e. The third-order valence-electron chi connectivity index (χ3n) is 3.91. The van der Waals surface area contributed by atoms with Gasteiger partial charge in [0.25, 0.3) is 0 Å².